The highest BCUT2D eigenvalue weighted by Crippen LogP contribution is 2.40. The Morgan fingerprint density at radius 3 is 1.98 bits per heavy atom. The third-order valence-electron chi connectivity index (χ3n) is 9.48. The summed E-state index contributed by atoms with van der Waals surface area (Å²) in [6.07, 6.45) is 8.87. The van der Waals surface area contributed by atoms with E-state index in [1.165, 1.54) is 42.4 Å². The molecule has 1 aromatic heterocycles. The fourth-order valence-electron chi connectivity index (χ4n) is 6.82. The lowest BCUT2D eigenvalue weighted by atomic mass is 9.95. The maximum Gasteiger partial charge on any atom is 0.0768 e. The van der Waals surface area contributed by atoms with Gasteiger partial charge in [0.05, 0.1) is 6.04 Å². The fraction of sp³-hybridized carbons (Fsp3) is 0.0800. The Labute approximate surface area is 329 Å². The highest BCUT2D eigenvalue weighted by Gasteiger charge is 2.18. The number of para-hydroxylation sites is 1. The van der Waals surface area contributed by atoms with E-state index >= 15 is 0 Å². The Balaban J connectivity index is 0.00000125. The third-order valence-corrected chi connectivity index (χ3v) is 10.7. The largest absolute Gasteiger partial charge is 0.374 e. The summed E-state index contributed by atoms with van der Waals surface area (Å²) in [5.74, 6) is 8.00. The number of nitrogens with one attached hydrogen (secondary N) is 1. The van der Waals surface area contributed by atoms with E-state index in [-0.39, 0.29) is 6.04 Å². The molecular formula is C50H48N4S. The molecule has 0 saturated heterocycles. The normalized spacial score (nSPS) is 16.0. The van der Waals surface area contributed by atoms with E-state index in [1.54, 1.807) is 0 Å². The summed E-state index contributed by atoms with van der Waals surface area (Å²) in [5, 5.41) is 6.37. The molecule has 2 heterocycles. The molecule has 0 aliphatic carbocycles. The summed E-state index contributed by atoms with van der Waals surface area (Å²) in [6, 6.07) is 55.9. The van der Waals surface area contributed by atoms with Crippen LogP contribution in [0.1, 0.15) is 42.1 Å². The molecule has 5 heteroatoms. The topological polar surface area (TPSA) is 67.3 Å². The van der Waals surface area contributed by atoms with Crippen molar-refractivity contribution in [3.8, 4) is 0 Å². The van der Waals surface area contributed by atoms with Crippen molar-refractivity contribution in [3.05, 3.63) is 229 Å². The van der Waals surface area contributed by atoms with E-state index in [0.717, 1.165) is 33.7 Å². The number of anilines is 2. The van der Waals surface area contributed by atoms with Gasteiger partial charge in [-0.05, 0) is 93.1 Å². The molecule has 8 rings (SSSR count). The number of rotatable bonds is 7. The van der Waals surface area contributed by atoms with Crippen LogP contribution in [0.4, 0.5) is 11.4 Å². The molecule has 55 heavy (non-hydrogen) atoms. The number of benzene rings is 6. The van der Waals surface area contributed by atoms with Crippen molar-refractivity contribution in [2.24, 2.45) is 11.7 Å². The summed E-state index contributed by atoms with van der Waals surface area (Å²) < 4.78 is 2.57. The lowest BCUT2D eigenvalue weighted by Gasteiger charge is -2.27. The van der Waals surface area contributed by atoms with Gasteiger partial charge in [-0.3, -0.25) is 11.7 Å². The van der Waals surface area contributed by atoms with E-state index in [4.69, 9.17) is 0 Å². The molecular weight excluding hydrogens is 689 g/mol. The lowest BCUT2D eigenvalue weighted by molar-refractivity contribution is 0.936. The zero-order valence-corrected chi connectivity index (χ0v) is 32.3. The van der Waals surface area contributed by atoms with Crippen molar-refractivity contribution >= 4 is 54.0 Å². The Bertz CT molecular complexity index is 2460. The summed E-state index contributed by atoms with van der Waals surface area (Å²) in [5.41, 5.74) is 11.0. The van der Waals surface area contributed by atoms with E-state index in [2.05, 4.69) is 211 Å². The fourth-order valence-corrected chi connectivity index (χ4v) is 8.06. The van der Waals surface area contributed by atoms with Gasteiger partial charge in [-0.2, -0.15) is 0 Å². The molecule has 1 aliphatic heterocycles. The van der Waals surface area contributed by atoms with E-state index < -0.39 is 0 Å². The first-order valence-corrected chi connectivity index (χ1v) is 19.4. The average Bonchev–Trinajstić information content (AvgIpc) is 3.65. The molecule has 1 unspecified atom stereocenters. The highest BCUT2D eigenvalue weighted by molar-refractivity contribution is 7.26. The number of nitrogens with two attached hydrogens (primary N) is 2. The van der Waals surface area contributed by atoms with E-state index in [1.807, 2.05) is 31.3 Å². The minimum absolute atomic E-state index is 0.0356. The molecule has 0 bridgehead atoms. The first-order valence-electron chi connectivity index (χ1n) is 18.6. The minimum Gasteiger partial charge on any atom is -0.374 e. The quantitative estimate of drug-likeness (QED) is 0.113. The summed E-state index contributed by atoms with van der Waals surface area (Å²) in [4.78, 5) is 2.35. The van der Waals surface area contributed by atoms with Gasteiger partial charge in [0.15, 0.2) is 0 Å². The summed E-state index contributed by atoms with van der Waals surface area (Å²) in [6.45, 7) is 13.7. The maximum absolute atomic E-state index is 4.51. The molecule has 0 amide bonds. The molecule has 0 saturated carbocycles. The van der Waals surface area contributed by atoms with Crippen LogP contribution in [0.15, 0.2) is 206 Å². The van der Waals surface area contributed by atoms with Crippen molar-refractivity contribution in [1.82, 2.24) is 0 Å². The van der Waals surface area contributed by atoms with Crippen molar-refractivity contribution < 1.29 is 0 Å². The molecule has 5 N–H and O–H groups in total. The number of fused-ring (bicyclic) bond motifs is 3. The van der Waals surface area contributed by atoms with Crippen molar-refractivity contribution in [2.75, 3.05) is 16.8 Å². The SMILES string of the molecule is C=C1/C=C(/c2ccccc2)CN(c2cccc(C(Nc3ccccc3)c3ccccc3)c2)/C=C\C(c2cccc3c2sc2ccccc23)=C/C1=C.CC.NN. The van der Waals surface area contributed by atoms with Crippen LogP contribution in [-0.2, 0) is 0 Å². The highest BCUT2D eigenvalue weighted by atomic mass is 32.1. The molecule has 1 aliphatic rings. The third kappa shape index (κ3) is 8.94. The molecule has 6 aromatic carbocycles. The van der Waals surface area contributed by atoms with Gasteiger partial charge in [-0.15, -0.1) is 11.3 Å². The van der Waals surface area contributed by atoms with Gasteiger partial charge >= 0.3 is 0 Å². The van der Waals surface area contributed by atoms with Crippen molar-refractivity contribution in [3.63, 3.8) is 0 Å². The second kappa shape index (κ2) is 18.7. The number of thiophene rings is 1. The van der Waals surface area contributed by atoms with Crippen LogP contribution in [0.2, 0.25) is 0 Å². The maximum atomic E-state index is 4.51. The predicted molar refractivity (Wildman–Crippen MR) is 241 cm³/mol. The molecule has 4 nitrogen and oxygen atoms in total. The van der Waals surface area contributed by atoms with Crippen LogP contribution in [0, 0.1) is 0 Å². The Morgan fingerprint density at radius 2 is 1.24 bits per heavy atom. The van der Waals surface area contributed by atoms with Gasteiger partial charge < -0.3 is 10.2 Å². The van der Waals surface area contributed by atoms with Crippen LogP contribution in [0.5, 0.6) is 0 Å². The molecule has 0 spiro atoms. The minimum atomic E-state index is -0.0356. The average molecular weight is 737 g/mol. The van der Waals surface area contributed by atoms with Crippen molar-refractivity contribution in [2.45, 2.75) is 19.9 Å². The zero-order valence-electron chi connectivity index (χ0n) is 31.5. The Hall–Kier alpha value is -6.24. The zero-order chi connectivity index (χ0) is 38.6. The number of nitrogens with zero attached hydrogens (tertiary/aromatic N) is 1. The lowest BCUT2D eigenvalue weighted by Crippen LogP contribution is -2.20. The van der Waals surface area contributed by atoms with Crippen LogP contribution in [0.3, 0.4) is 0 Å². The molecule has 7 aromatic rings. The van der Waals surface area contributed by atoms with Crippen LogP contribution in [0.25, 0.3) is 31.3 Å². The van der Waals surface area contributed by atoms with Crippen molar-refractivity contribution in [1.29, 1.82) is 0 Å². The molecule has 0 radical (unpaired) electrons. The van der Waals surface area contributed by atoms with Gasteiger partial charge in [0.25, 0.3) is 0 Å². The van der Waals surface area contributed by atoms with Crippen LogP contribution >= 0.6 is 11.3 Å². The van der Waals surface area contributed by atoms with Gasteiger partial charge in [-0.1, -0.05) is 154 Å². The van der Waals surface area contributed by atoms with E-state index in [0.29, 0.717) is 6.54 Å². The number of allylic oxidation sites excluding steroid dienone is 6. The van der Waals surface area contributed by atoms with Gasteiger partial charge in [-0.25, -0.2) is 0 Å². The molecule has 0 fully saturated rings. The smallest absolute Gasteiger partial charge is 0.0768 e. The molecule has 1 atom stereocenters. The van der Waals surface area contributed by atoms with Crippen LogP contribution in [-0.4, -0.2) is 6.54 Å². The predicted octanol–water partition coefficient (Wildman–Crippen LogP) is 12.7. The van der Waals surface area contributed by atoms with Gasteiger partial charge in [0, 0.05) is 44.3 Å². The molecule has 274 valence electrons. The first-order chi connectivity index (χ1) is 27.1. The number of hydrogen-bond acceptors (Lipinski definition) is 5. The number of hydrogen-bond donors (Lipinski definition) is 3. The second-order valence-corrected chi connectivity index (χ2v) is 13.9. The summed E-state index contributed by atoms with van der Waals surface area (Å²) >= 11 is 1.84. The Kier molecular flexibility index (Phi) is 13.1. The Morgan fingerprint density at radius 1 is 0.636 bits per heavy atom. The van der Waals surface area contributed by atoms with Gasteiger partial charge in [0.2, 0.25) is 0 Å². The summed E-state index contributed by atoms with van der Waals surface area (Å²) in [7, 11) is 0. The first kappa shape index (κ1) is 38.5. The monoisotopic (exact) mass is 736 g/mol. The van der Waals surface area contributed by atoms with E-state index in [9.17, 15) is 0 Å². The van der Waals surface area contributed by atoms with Crippen LogP contribution < -0.4 is 21.9 Å². The second-order valence-electron chi connectivity index (χ2n) is 12.9. The number of hydrazine groups is 1. The van der Waals surface area contributed by atoms with Gasteiger partial charge in [0.1, 0.15) is 0 Å². The standard InChI is InChI=1S/C48H38N2S.C2H6.H4N2/c1-34-30-38(43-25-15-26-45-44-24-12-13-27-46(44)51-48(43)45)28-29-50(33-40(31-35(34)2)36-16-6-3-7-17-36)42-23-14-20-39(32-42)47(37-18-8-4-9-19-37)49-41-21-10-5-11-22-41;2*1-2/h3-32,47,49H,1-2,33H2;1-2H3;1-2H2/b29-28-,38-30+,40-31+;;.